The highest BCUT2D eigenvalue weighted by Crippen LogP contribution is 2.28. The van der Waals surface area contributed by atoms with Crippen LogP contribution in [0.15, 0.2) is 30.3 Å². The van der Waals surface area contributed by atoms with Crippen molar-refractivity contribution in [3.8, 4) is 0 Å². The Morgan fingerprint density at radius 2 is 2.05 bits per heavy atom. The van der Waals surface area contributed by atoms with Gasteiger partial charge in [-0.15, -0.1) is 0 Å². The topological polar surface area (TPSA) is 55.6 Å². The second-order valence-corrected chi connectivity index (χ2v) is 5.52. The fraction of sp³-hybridized carbons (Fsp3) is 0.588. The summed E-state index contributed by atoms with van der Waals surface area (Å²) >= 11 is 0. The van der Waals surface area contributed by atoms with Gasteiger partial charge in [-0.1, -0.05) is 37.3 Å². The van der Waals surface area contributed by atoms with Crippen LogP contribution in [0.1, 0.15) is 44.7 Å². The molecule has 1 saturated heterocycles. The van der Waals surface area contributed by atoms with Crippen molar-refractivity contribution in [3.63, 3.8) is 0 Å². The van der Waals surface area contributed by atoms with Crippen molar-refractivity contribution in [2.45, 2.75) is 51.4 Å². The first kappa shape index (κ1) is 16.0. The Kier molecular flexibility index (Phi) is 5.76. The predicted molar refractivity (Wildman–Crippen MR) is 83.8 cm³/mol. The molecule has 0 aliphatic carbocycles. The second-order valence-electron chi connectivity index (χ2n) is 5.52. The fourth-order valence-corrected chi connectivity index (χ4v) is 3.09. The van der Waals surface area contributed by atoms with Crippen LogP contribution in [0.4, 0.5) is 0 Å². The number of ether oxygens (including phenoxy) is 1. The van der Waals surface area contributed by atoms with E-state index in [0.29, 0.717) is 13.1 Å². The van der Waals surface area contributed by atoms with Gasteiger partial charge in [0, 0.05) is 13.1 Å². The molecule has 1 aromatic carbocycles. The molecule has 1 aromatic rings. The first-order chi connectivity index (χ1) is 10.2. The third-order valence-corrected chi connectivity index (χ3v) is 4.22. The normalized spacial score (nSPS) is 23.0. The van der Waals surface area contributed by atoms with Gasteiger partial charge in [-0.3, -0.25) is 4.79 Å². The van der Waals surface area contributed by atoms with Gasteiger partial charge >= 0.3 is 0 Å². The van der Waals surface area contributed by atoms with Crippen LogP contribution in [0.25, 0.3) is 0 Å². The number of carbonyl (C=O) groups excluding carboxylic acids is 1. The van der Waals surface area contributed by atoms with Crippen molar-refractivity contribution < 1.29 is 9.53 Å². The largest absolute Gasteiger partial charge is 0.364 e. The number of likely N-dealkylation sites (N-methyl/N-ethyl adjacent to an activating group) is 1. The molecule has 0 saturated carbocycles. The van der Waals surface area contributed by atoms with Crippen LogP contribution >= 0.6 is 0 Å². The highest BCUT2D eigenvalue weighted by molar-refractivity contribution is 5.81. The summed E-state index contributed by atoms with van der Waals surface area (Å²) in [6, 6.07) is 10.3. The van der Waals surface area contributed by atoms with Crippen molar-refractivity contribution in [2.75, 3.05) is 13.1 Å². The van der Waals surface area contributed by atoms with Crippen molar-refractivity contribution in [3.05, 3.63) is 35.9 Å². The molecule has 1 aliphatic heterocycles. The summed E-state index contributed by atoms with van der Waals surface area (Å²) < 4.78 is 5.77. The summed E-state index contributed by atoms with van der Waals surface area (Å²) in [6.45, 7) is 5.33. The third-order valence-electron chi connectivity index (χ3n) is 4.22. The summed E-state index contributed by atoms with van der Waals surface area (Å²) in [5, 5.41) is 0. The molecular formula is C17H26N2O2. The SMILES string of the molecule is CCC(c1ccccc1)N(CC)C(=O)[C@@H]1CC[C@H](CN)O1. The lowest BCUT2D eigenvalue weighted by molar-refractivity contribution is -0.145. The minimum absolute atomic E-state index is 0.0365. The number of hydrogen-bond donors (Lipinski definition) is 1. The van der Waals surface area contributed by atoms with Crippen LogP contribution in [0.5, 0.6) is 0 Å². The zero-order chi connectivity index (χ0) is 15.2. The first-order valence-electron chi connectivity index (χ1n) is 7.92. The van der Waals surface area contributed by atoms with Gasteiger partial charge in [-0.05, 0) is 31.7 Å². The Bertz CT molecular complexity index is 449. The van der Waals surface area contributed by atoms with E-state index < -0.39 is 0 Å². The molecule has 0 spiro atoms. The lowest BCUT2D eigenvalue weighted by atomic mass is 10.0. The highest BCUT2D eigenvalue weighted by Gasteiger charge is 2.34. The maximum absolute atomic E-state index is 12.8. The van der Waals surface area contributed by atoms with Gasteiger partial charge in [0.05, 0.1) is 12.1 Å². The molecule has 21 heavy (non-hydrogen) atoms. The van der Waals surface area contributed by atoms with Crippen LogP contribution in [0, 0.1) is 0 Å². The second kappa shape index (κ2) is 7.57. The average molecular weight is 290 g/mol. The molecule has 0 aromatic heterocycles. The van der Waals surface area contributed by atoms with E-state index in [1.807, 2.05) is 30.0 Å². The Hall–Kier alpha value is -1.39. The van der Waals surface area contributed by atoms with E-state index in [2.05, 4.69) is 19.1 Å². The molecule has 1 aliphatic rings. The summed E-state index contributed by atoms with van der Waals surface area (Å²) in [5.41, 5.74) is 6.82. The molecule has 4 heteroatoms. The maximum atomic E-state index is 12.8. The van der Waals surface area contributed by atoms with Gasteiger partial charge in [-0.2, -0.15) is 0 Å². The number of nitrogens with two attached hydrogens (primary N) is 1. The zero-order valence-electron chi connectivity index (χ0n) is 13.0. The van der Waals surface area contributed by atoms with E-state index in [1.54, 1.807) is 0 Å². The quantitative estimate of drug-likeness (QED) is 0.875. The summed E-state index contributed by atoms with van der Waals surface area (Å²) in [4.78, 5) is 14.7. The molecule has 0 radical (unpaired) electrons. The Morgan fingerprint density at radius 1 is 1.33 bits per heavy atom. The molecular weight excluding hydrogens is 264 g/mol. The number of nitrogens with zero attached hydrogens (tertiary/aromatic N) is 1. The first-order valence-corrected chi connectivity index (χ1v) is 7.92. The monoisotopic (exact) mass is 290 g/mol. The van der Waals surface area contributed by atoms with Crippen molar-refractivity contribution in [2.24, 2.45) is 5.73 Å². The van der Waals surface area contributed by atoms with Crippen molar-refractivity contribution >= 4 is 5.91 Å². The van der Waals surface area contributed by atoms with Gasteiger partial charge in [0.2, 0.25) is 0 Å². The molecule has 4 nitrogen and oxygen atoms in total. The third kappa shape index (κ3) is 3.63. The van der Waals surface area contributed by atoms with E-state index in [9.17, 15) is 4.79 Å². The van der Waals surface area contributed by atoms with E-state index >= 15 is 0 Å². The lowest BCUT2D eigenvalue weighted by Gasteiger charge is -2.32. The standard InChI is InChI=1S/C17H26N2O2/c1-3-15(13-8-6-5-7-9-13)19(4-2)17(20)16-11-10-14(12-18)21-16/h5-9,14-16H,3-4,10-12,18H2,1-2H3/t14-,15?,16+/m1/s1. The van der Waals surface area contributed by atoms with Crippen LogP contribution < -0.4 is 5.73 Å². The average Bonchev–Trinajstić information content (AvgIpc) is 3.01. The smallest absolute Gasteiger partial charge is 0.252 e. The Labute approximate surface area is 127 Å². The van der Waals surface area contributed by atoms with Crippen LogP contribution in [-0.4, -0.2) is 36.1 Å². The number of benzene rings is 1. The minimum Gasteiger partial charge on any atom is -0.364 e. The van der Waals surface area contributed by atoms with Gasteiger partial charge in [0.25, 0.3) is 5.91 Å². The number of amides is 1. The van der Waals surface area contributed by atoms with Gasteiger partial charge in [0.15, 0.2) is 0 Å². The maximum Gasteiger partial charge on any atom is 0.252 e. The predicted octanol–water partition coefficient (Wildman–Crippen LogP) is 2.49. The van der Waals surface area contributed by atoms with Crippen LogP contribution in [0.3, 0.4) is 0 Å². The molecule has 1 unspecified atom stereocenters. The van der Waals surface area contributed by atoms with E-state index in [1.165, 1.54) is 5.56 Å². The molecule has 2 N–H and O–H groups in total. The zero-order valence-corrected chi connectivity index (χ0v) is 13.0. The number of rotatable bonds is 6. The van der Waals surface area contributed by atoms with Crippen molar-refractivity contribution in [1.29, 1.82) is 0 Å². The Balaban J connectivity index is 2.12. The van der Waals surface area contributed by atoms with Crippen LogP contribution in [-0.2, 0) is 9.53 Å². The number of carbonyl (C=O) groups is 1. The van der Waals surface area contributed by atoms with Gasteiger partial charge in [0.1, 0.15) is 6.10 Å². The van der Waals surface area contributed by atoms with Crippen LogP contribution in [0.2, 0.25) is 0 Å². The van der Waals surface area contributed by atoms with Crippen molar-refractivity contribution in [1.82, 2.24) is 4.90 Å². The van der Waals surface area contributed by atoms with Gasteiger partial charge in [-0.25, -0.2) is 0 Å². The Morgan fingerprint density at radius 3 is 2.57 bits per heavy atom. The van der Waals surface area contributed by atoms with E-state index in [-0.39, 0.29) is 24.2 Å². The highest BCUT2D eigenvalue weighted by atomic mass is 16.5. The number of hydrogen-bond acceptors (Lipinski definition) is 3. The molecule has 0 bridgehead atoms. The molecule has 1 heterocycles. The fourth-order valence-electron chi connectivity index (χ4n) is 3.09. The summed E-state index contributed by atoms with van der Waals surface area (Å²) in [6.07, 6.45) is 2.27. The molecule has 1 fully saturated rings. The molecule has 116 valence electrons. The van der Waals surface area contributed by atoms with E-state index in [4.69, 9.17) is 10.5 Å². The molecule has 2 rings (SSSR count). The van der Waals surface area contributed by atoms with E-state index in [0.717, 1.165) is 19.3 Å². The summed E-state index contributed by atoms with van der Waals surface area (Å²) in [5.74, 6) is 0.101. The molecule has 3 atom stereocenters. The molecule has 1 amide bonds. The summed E-state index contributed by atoms with van der Waals surface area (Å²) in [7, 11) is 0. The van der Waals surface area contributed by atoms with Gasteiger partial charge < -0.3 is 15.4 Å². The lowest BCUT2D eigenvalue weighted by Crippen LogP contribution is -2.41. The minimum atomic E-state index is -0.323.